The molecule has 1 aliphatic rings. The van der Waals surface area contributed by atoms with Crippen LogP contribution in [0.15, 0.2) is 67.0 Å². The Labute approximate surface area is 176 Å². The number of urea groups is 1. The number of carbonyl (C=O) groups is 1. The van der Waals surface area contributed by atoms with Crippen LogP contribution >= 0.6 is 0 Å². The Morgan fingerprint density at radius 3 is 2.63 bits per heavy atom. The minimum atomic E-state index is -0.350. The Kier molecular flexibility index (Phi) is 5.88. The summed E-state index contributed by atoms with van der Waals surface area (Å²) in [6.45, 7) is 3.34. The number of nitrogens with zero attached hydrogens (tertiary/aromatic N) is 3. The molecule has 0 radical (unpaired) electrons. The highest BCUT2D eigenvalue weighted by atomic mass is 16.6. The fourth-order valence-corrected chi connectivity index (χ4v) is 3.57. The summed E-state index contributed by atoms with van der Waals surface area (Å²) in [5.41, 5.74) is 0.974. The molecule has 2 amide bonds. The topological polar surface area (TPSA) is 68.6 Å². The number of rotatable bonds is 6. The molecule has 0 bridgehead atoms. The molecule has 2 atom stereocenters. The molecule has 30 heavy (non-hydrogen) atoms. The summed E-state index contributed by atoms with van der Waals surface area (Å²) in [5, 5.41) is 3.14. The van der Waals surface area contributed by atoms with E-state index in [4.69, 9.17) is 9.47 Å². The van der Waals surface area contributed by atoms with Crippen LogP contribution in [0, 0.1) is 0 Å². The maximum Gasteiger partial charge on any atom is 0.318 e. The summed E-state index contributed by atoms with van der Waals surface area (Å²) in [6, 6.07) is 16.9. The molecule has 7 heteroatoms. The number of aromatic nitrogens is 2. The number of aryl methyl sites for hydroxylation is 1. The van der Waals surface area contributed by atoms with Crippen LogP contribution in [0.2, 0.25) is 0 Å². The third kappa shape index (κ3) is 4.25. The van der Waals surface area contributed by atoms with Gasteiger partial charge in [-0.1, -0.05) is 42.5 Å². The summed E-state index contributed by atoms with van der Waals surface area (Å²) in [5.74, 6) is 2.22. The van der Waals surface area contributed by atoms with Crippen molar-refractivity contribution in [2.45, 2.75) is 19.1 Å². The zero-order valence-corrected chi connectivity index (χ0v) is 17.2. The molecule has 0 saturated carbocycles. The summed E-state index contributed by atoms with van der Waals surface area (Å²) in [6.07, 6.45) is 3.38. The van der Waals surface area contributed by atoms with Gasteiger partial charge in [-0.05, 0) is 24.6 Å². The number of carbonyl (C=O) groups excluding carboxylic acids is 1. The lowest BCUT2D eigenvalue weighted by Gasteiger charge is -2.32. The average molecular weight is 406 g/mol. The number of benzene rings is 2. The third-order valence-corrected chi connectivity index (χ3v) is 5.18. The van der Waals surface area contributed by atoms with Crippen LogP contribution in [0.1, 0.15) is 24.4 Å². The molecule has 0 saturated heterocycles. The van der Waals surface area contributed by atoms with E-state index in [1.165, 1.54) is 0 Å². The van der Waals surface area contributed by atoms with Crippen molar-refractivity contribution in [2.24, 2.45) is 7.05 Å². The zero-order chi connectivity index (χ0) is 20.9. The largest absolute Gasteiger partial charge is 0.486 e. The maximum atomic E-state index is 13.2. The van der Waals surface area contributed by atoms with Gasteiger partial charge in [0.15, 0.2) is 17.6 Å². The van der Waals surface area contributed by atoms with Gasteiger partial charge in [-0.2, -0.15) is 0 Å². The number of likely N-dealkylation sites (N-methyl/N-ethyl adjacent to an activating group) is 1. The molecule has 0 spiro atoms. The average Bonchev–Trinajstić information content (AvgIpc) is 3.21. The molecule has 2 aromatic carbocycles. The molecule has 4 rings (SSSR count). The third-order valence-electron chi connectivity index (χ3n) is 5.18. The van der Waals surface area contributed by atoms with Gasteiger partial charge in [-0.25, -0.2) is 9.78 Å². The van der Waals surface area contributed by atoms with E-state index in [1.807, 2.05) is 79.3 Å². The van der Waals surface area contributed by atoms with Crippen LogP contribution in [-0.2, 0) is 7.05 Å². The highest BCUT2D eigenvalue weighted by Crippen LogP contribution is 2.31. The van der Waals surface area contributed by atoms with Gasteiger partial charge in [-0.3, -0.25) is 0 Å². The fourth-order valence-electron chi connectivity index (χ4n) is 3.57. The van der Waals surface area contributed by atoms with Crippen LogP contribution in [0.5, 0.6) is 11.5 Å². The predicted molar refractivity (Wildman–Crippen MR) is 114 cm³/mol. The standard InChI is InChI=1S/C23H26N4O3/c1-3-27(15-18-16-29-19-11-7-8-12-20(19)30-18)23(28)25-21(17-9-5-4-6-10-17)22-24-13-14-26(22)2/h4-14,18,21H,3,15-16H2,1-2H3,(H,25,28). The lowest BCUT2D eigenvalue weighted by molar-refractivity contribution is 0.0672. The number of hydrogen-bond donors (Lipinski definition) is 1. The summed E-state index contributed by atoms with van der Waals surface area (Å²) in [7, 11) is 1.92. The van der Waals surface area contributed by atoms with E-state index in [2.05, 4.69) is 10.3 Å². The zero-order valence-electron chi connectivity index (χ0n) is 17.2. The van der Waals surface area contributed by atoms with Crippen LogP contribution in [0.3, 0.4) is 0 Å². The first kappa shape index (κ1) is 19.8. The molecule has 2 heterocycles. The van der Waals surface area contributed by atoms with E-state index in [9.17, 15) is 4.79 Å². The Hall–Kier alpha value is -3.48. The minimum absolute atomic E-state index is 0.170. The van der Waals surface area contributed by atoms with Crippen LogP contribution in [0.4, 0.5) is 4.79 Å². The number of hydrogen-bond acceptors (Lipinski definition) is 4. The van der Waals surface area contributed by atoms with E-state index in [0.29, 0.717) is 25.4 Å². The molecular formula is C23H26N4O3. The molecule has 0 aliphatic carbocycles. The molecular weight excluding hydrogens is 380 g/mol. The number of imidazole rings is 1. The first-order valence-electron chi connectivity index (χ1n) is 10.1. The van der Waals surface area contributed by atoms with Gasteiger partial charge in [0.05, 0.1) is 6.54 Å². The Morgan fingerprint density at radius 2 is 1.93 bits per heavy atom. The SMILES string of the molecule is CCN(CC1COc2ccccc2O1)C(=O)NC(c1ccccc1)c1nccn1C. The quantitative estimate of drug-likeness (QED) is 0.681. The number of amides is 2. The molecule has 7 nitrogen and oxygen atoms in total. The number of para-hydroxylation sites is 2. The Bertz CT molecular complexity index is 989. The number of nitrogens with one attached hydrogen (secondary N) is 1. The van der Waals surface area contributed by atoms with Crippen LogP contribution in [-0.4, -0.2) is 46.3 Å². The number of fused-ring (bicyclic) bond motifs is 1. The smallest absolute Gasteiger partial charge is 0.318 e. The molecule has 156 valence electrons. The lowest BCUT2D eigenvalue weighted by Crippen LogP contribution is -2.48. The molecule has 1 aliphatic heterocycles. The van der Waals surface area contributed by atoms with E-state index < -0.39 is 0 Å². The van der Waals surface area contributed by atoms with Gasteiger partial charge < -0.3 is 24.3 Å². The second kappa shape index (κ2) is 8.90. The normalized spacial score (nSPS) is 16.0. The molecule has 1 N–H and O–H groups in total. The summed E-state index contributed by atoms with van der Waals surface area (Å²) in [4.78, 5) is 19.4. The van der Waals surface area contributed by atoms with Crippen LogP contribution < -0.4 is 14.8 Å². The first-order chi connectivity index (χ1) is 14.7. The molecule has 2 unspecified atom stereocenters. The Morgan fingerprint density at radius 1 is 1.20 bits per heavy atom. The van der Waals surface area contributed by atoms with Crippen molar-refractivity contribution in [3.8, 4) is 11.5 Å². The van der Waals surface area contributed by atoms with E-state index in [-0.39, 0.29) is 18.2 Å². The van der Waals surface area contributed by atoms with Gasteiger partial charge in [0.2, 0.25) is 0 Å². The molecule has 1 aromatic heterocycles. The van der Waals surface area contributed by atoms with Gasteiger partial charge in [0.25, 0.3) is 0 Å². The highest BCUT2D eigenvalue weighted by Gasteiger charge is 2.27. The van der Waals surface area contributed by atoms with Gasteiger partial charge in [0.1, 0.15) is 18.5 Å². The van der Waals surface area contributed by atoms with E-state index >= 15 is 0 Å². The fraction of sp³-hybridized carbons (Fsp3) is 0.304. The van der Waals surface area contributed by atoms with Crippen LogP contribution in [0.25, 0.3) is 0 Å². The van der Waals surface area contributed by atoms with Crippen molar-refractivity contribution in [3.63, 3.8) is 0 Å². The van der Waals surface area contributed by atoms with Crippen molar-refractivity contribution < 1.29 is 14.3 Å². The van der Waals surface area contributed by atoms with Gasteiger partial charge in [-0.15, -0.1) is 0 Å². The monoisotopic (exact) mass is 406 g/mol. The van der Waals surface area contributed by atoms with E-state index in [1.54, 1.807) is 11.1 Å². The minimum Gasteiger partial charge on any atom is -0.486 e. The molecule has 0 fully saturated rings. The van der Waals surface area contributed by atoms with Crippen molar-refractivity contribution >= 4 is 6.03 Å². The van der Waals surface area contributed by atoms with Crippen molar-refractivity contribution in [1.82, 2.24) is 19.8 Å². The van der Waals surface area contributed by atoms with Crippen molar-refractivity contribution in [2.75, 3.05) is 19.7 Å². The predicted octanol–water partition coefficient (Wildman–Crippen LogP) is 3.38. The lowest BCUT2D eigenvalue weighted by atomic mass is 10.1. The summed E-state index contributed by atoms with van der Waals surface area (Å²) < 4.78 is 13.7. The second-order valence-electron chi connectivity index (χ2n) is 7.23. The maximum absolute atomic E-state index is 13.2. The van der Waals surface area contributed by atoms with E-state index in [0.717, 1.165) is 17.1 Å². The van der Waals surface area contributed by atoms with Crippen molar-refractivity contribution in [1.29, 1.82) is 0 Å². The van der Waals surface area contributed by atoms with Gasteiger partial charge >= 0.3 is 6.03 Å². The second-order valence-corrected chi connectivity index (χ2v) is 7.23. The molecule has 3 aromatic rings. The van der Waals surface area contributed by atoms with Crippen molar-refractivity contribution in [3.05, 3.63) is 78.4 Å². The summed E-state index contributed by atoms with van der Waals surface area (Å²) >= 11 is 0. The first-order valence-corrected chi connectivity index (χ1v) is 10.1. The Balaban J connectivity index is 1.48. The van der Waals surface area contributed by atoms with Gasteiger partial charge in [0, 0.05) is 26.0 Å². The number of ether oxygens (including phenoxy) is 2. The highest BCUT2D eigenvalue weighted by molar-refractivity contribution is 5.75.